The molecule has 0 aromatic rings. The molecule has 0 saturated carbocycles. The van der Waals surface area contributed by atoms with Gasteiger partial charge in [0.15, 0.2) is 0 Å². The monoisotopic (exact) mass is 982 g/mol. The summed E-state index contributed by atoms with van der Waals surface area (Å²) in [4.78, 5) is 12.5. The van der Waals surface area contributed by atoms with E-state index in [4.69, 9.17) is 0 Å². The Morgan fingerprint density at radius 1 is 0.357 bits per heavy atom. The Labute approximate surface area is 437 Å². The van der Waals surface area contributed by atoms with Crippen LogP contribution in [0.15, 0.2) is 48.6 Å². The van der Waals surface area contributed by atoms with Crippen molar-refractivity contribution in [1.82, 2.24) is 5.32 Å². The van der Waals surface area contributed by atoms with E-state index in [0.29, 0.717) is 6.42 Å². The molecule has 5 nitrogen and oxygen atoms in total. The van der Waals surface area contributed by atoms with E-state index in [2.05, 4.69) is 55.6 Å². The van der Waals surface area contributed by atoms with Gasteiger partial charge >= 0.3 is 0 Å². The lowest BCUT2D eigenvalue weighted by Crippen LogP contribution is -2.45. The number of nitrogens with one attached hydrogen (secondary N) is 1. The first-order chi connectivity index (χ1) is 34.5. The highest BCUT2D eigenvalue weighted by Gasteiger charge is 2.20. The van der Waals surface area contributed by atoms with E-state index in [1.54, 1.807) is 6.08 Å². The number of allylic oxidation sites excluding steroid dienone is 7. The van der Waals surface area contributed by atoms with Crippen LogP contribution in [0, 0.1) is 0 Å². The highest BCUT2D eigenvalue weighted by Crippen LogP contribution is 2.18. The topological polar surface area (TPSA) is 89.8 Å². The van der Waals surface area contributed by atoms with Gasteiger partial charge in [-0.05, 0) is 70.6 Å². The summed E-state index contributed by atoms with van der Waals surface area (Å²) in [5, 5.41) is 33.5. The van der Waals surface area contributed by atoms with Gasteiger partial charge in [0, 0.05) is 0 Å². The van der Waals surface area contributed by atoms with E-state index in [0.717, 1.165) is 38.5 Å². The maximum Gasteiger partial charge on any atom is 0.222 e. The van der Waals surface area contributed by atoms with E-state index in [1.807, 2.05) is 6.08 Å². The number of carbonyl (C=O) groups is 1. The second kappa shape index (κ2) is 59.9. The Morgan fingerprint density at radius 2 is 0.614 bits per heavy atom. The summed E-state index contributed by atoms with van der Waals surface area (Å²) in [6, 6.07) is -0.769. The molecule has 3 atom stereocenters. The first kappa shape index (κ1) is 68.3. The molecule has 0 aromatic heterocycles. The molecular weight excluding hydrogens is 859 g/mol. The minimum Gasteiger partial charge on any atom is -0.394 e. The van der Waals surface area contributed by atoms with Crippen LogP contribution in [0.5, 0.6) is 0 Å². The zero-order chi connectivity index (χ0) is 50.7. The molecule has 70 heavy (non-hydrogen) atoms. The quantitative estimate of drug-likeness (QED) is 0.0361. The smallest absolute Gasteiger partial charge is 0.222 e. The zero-order valence-electron chi connectivity index (χ0n) is 47.2. The average molecular weight is 983 g/mol. The molecule has 5 heteroatoms. The molecule has 0 fully saturated rings. The van der Waals surface area contributed by atoms with Crippen molar-refractivity contribution in [1.29, 1.82) is 0 Å². The maximum absolute atomic E-state index is 12.5. The number of aliphatic hydroxyl groups excluding tert-OH is 3. The number of hydrogen-bond donors (Lipinski definition) is 4. The Kier molecular flexibility index (Phi) is 58.4. The molecule has 0 heterocycles. The highest BCUT2D eigenvalue weighted by atomic mass is 16.3. The number of unbranched alkanes of at least 4 members (excludes halogenated alkanes) is 43. The summed E-state index contributed by atoms with van der Waals surface area (Å²) in [6.45, 7) is 4.24. The van der Waals surface area contributed by atoms with Crippen molar-refractivity contribution >= 4 is 5.91 Å². The fourth-order valence-electron chi connectivity index (χ4n) is 9.78. The second-order valence-electron chi connectivity index (χ2n) is 21.6. The summed E-state index contributed by atoms with van der Waals surface area (Å²) in [5.41, 5.74) is 0. The van der Waals surface area contributed by atoms with Crippen LogP contribution < -0.4 is 5.32 Å². The highest BCUT2D eigenvalue weighted by molar-refractivity contribution is 5.76. The minimum atomic E-state index is -0.962. The van der Waals surface area contributed by atoms with Gasteiger partial charge in [-0.2, -0.15) is 0 Å². The predicted molar refractivity (Wildman–Crippen MR) is 310 cm³/mol. The molecule has 0 bridgehead atoms. The Morgan fingerprint density at radius 3 is 0.914 bits per heavy atom. The molecule has 3 unspecified atom stereocenters. The fraction of sp³-hybridized carbons (Fsp3) is 0.862. The van der Waals surface area contributed by atoms with Crippen LogP contribution in [0.1, 0.15) is 335 Å². The van der Waals surface area contributed by atoms with Crippen molar-refractivity contribution in [2.75, 3.05) is 6.61 Å². The van der Waals surface area contributed by atoms with Crippen molar-refractivity contribution in [3.63, 3.8) is 0 Å². The fourth-order valence-corrected chi connectivity index (χ4v) is 9.78. The first-order valence-electron chi connectivity index (χ1n) is 31.4. The van der Waals surface area contributed by atoms with Gasteiger partial charge in [0.05, 0.1) is 31.3 Å². The van der Waals surface area contributed by atoms with Crippen LogP contribution in [-0.4, -0.2) is 46.1 Å². The van der Waals surface area contributed by atoms with Crippen LogP contribution in [0.2, 0.25) is 0 Å². The van der Waals surface area contributed by atoms with E-state index < -0.39 is 18.2 Å². The minimum absolute atomic E-state index is 0.00355. The van der Waals surface area contributed by atoms with Gasteiger partial charge in [-0.15, -0.1) is 0 Å². The summed E-state index contributed by atoms with van der Waals surface area (Å²) in [6.07, 6.45) is 80.5. The Hall–Kier alpha value is -1.69. The Balaban J connectivity index is 3.57. The third kappa shape index (κ3) is 55.6. The van der Waals surface area contributed by atoms with Crippen molar-refractivity contribution in [3.05, 3.63) is 48.6 Å². The third-order valence-electron chi connectivity index (χ3n) is 14.6. The van der Waals surface area contributed by atoms with Crippen molar-refractivity contribution < 1.29 is 20.1 Å². The molecule has 0 saturated heterocycles. The van der Waals surface area contributed by atoms with E-state index in [-0.39, 0.29) is 18.9 Å². The molecule has 0 aliphatic rings. The maximum atomic E-state index is 12.5. The lowest BCUT2D eigenvalue weighted by Gasteiger charge is -2.21. The number of rotatable bonds is 58. The van der Waals surface area contributed by atoms with Gasteiger partial charge < -0.3 is 20.6 Å². The first-order valence-corrected chi connectivity index (χ1v) is 31.4. The standard InChI is InChI=1S/C65H123NO4/c1-3-5-7-9-11-13-15-17-19-21-23-25-27-29-30-31-32-33-34-35-36-38-40-42-44-46-48-50-52-54-56-58-62(68)60-65(70)66-63(61-67)64(69)59-57-55-53-51-49-47-45-43-41-39-37-28-26-24-22-20-18-16-14-12-10-8-6-4-2/h29-30,41,43,49,51,57,59,62-64,67-69H,3-28,31-40,42,44-48,50,52-56,58,60-61H2,1-2H3,(H,66,70)/b30-29-,43-41+,51-49+,59-57+. The third-order valence-corrected chi connectivity index (χ3v) is 14.6. The van der Waals surface area contributed by atoms with E-state index in [9.17, 15) is 20.1 Å². The van der Waals surface area contributed by atoms with E-state index in [1.165, 1.54) is 270 Å². The van der Waals surface area contributed by atoms with Crippen LogP contribution in [0.25, 0.3) is 0 Å². The SMILES string of the molecule is CCCCCCCCCCCCCC/C=C\CCCCCCCCCCCCCCCCCC(O)CC(=O)NC(CO)C(O)/C=C/CC/C=C/CC/C=C/CCCCCCCCCCCCCCCC. The number of amides is 1. The second-order valence-corrected chi connectivity index (χ2v) is 21.6. The van der Waals surface area contributed by atoms with Crippen molar-refractivity contribution in [2.45, 2.75) is 353 Å². The van der Waals surface area contributed by atoms with Gasteiger partial charge in [0.2, 0.25) is 5.91 Å². The molecule has 0 aromatic carbocycles. The number of carbonyl (C=O) groups excluding carboxylic acids is 1. The van der Waals surface area contributed by atoms with Crippen molar-refractivity contribution in [3.8, 4) is 0 Å². The molecule has 412 valence electrons. The average Bonchev–Trinajstić information content (AvgIpc) is 3.36. The molecule has 4 N–H and O–H groups in total. The molecular formula is C65H123NO4. The van der Waals surface area contributed by atoms with Gasteiger partial charge in [0.25, 0.3) is 0 Å². The number of hydrogen-bond acceptors (Lipinski definition) is 4. The summed E-state index contributed by atoms with van der Waals surface area (Å²) in [5.74, 6) is -0.325. The predicted octanol–water partition coefficient (Wildman–Crippen LogP) is 20.0. The van der Waals surface area contributed by atoms with Gasteiger partial charge in [-0.25, -0.2) is 0 Å². The molecule has 0 rings (SSSR count). The molecule has 0 radical (unpaired) electrons. The molecule has 1 amide bonds. The lowest BCUT2D eigenvalue weighted by molar-refractivity contribution is -0.124. The van der Waals surface area contributed by atoms with Crippen LogP contribution in [-0.2, 0) is 4.79 Å². The zero-order valence-corrected chi connectivity index (χ0v) is 47.2. The van der Waals surface area contributed by atoms with Gasteiger partial charge in [-0.3, -0.25) is 4.79 Å². The summed E-state index contributed by atoms with van der Waals surface area (Å²) < 4.78 is 0. The van der Waals surface area contributed by atoms with Gasteiger partial charge in [0.1, 0.15) is 0 Å². The van der Waals surface area contributed by atoms with E-state index >= 15 is 0 Å². The van der Waals surface area contributed by atoms with Crippen LogP contribution in [0.3, 0.4) is 0 Å². The normalized spacial score (nSPS) is 13.5. The Bertz CT molecular complexity index is 1130. The molecule has 0 aliphatic heterocycles. The van der Waals surface area contributed by atoms with Crippen molar-refractivity contribution in [2.24, 2.45) is 0 Å². The van der Waals surface area contributed by atoms with Crippen LogP contribution >= 0.6 is 0 Å². The molecule has 0 spiro atoms. The molecule has 0 aliphatic carbocycles. The van der Waals surface area contributed by atoms with Gasteiger partial charge in [-0.1, -0.05) is 306 Å². The summed E-state index contributed by atoms with van der Waals surface area (Å²) >= 11 is 0. The lowest BCUT2D eigenvalue weighted by atomic mass is 10.0. The number of aliphatic hydroxyl groups is 3. The summed E-state index contributed by atoms with van der Waals surface area (Å²) in [7, 11) is 0. The van der Waals surface area contributed by atoms with Crippen LogP contribution in [0.4, 0.5) is 0 Å². The largest absolute Gasteiger partial charge is 0.394 e.